The van der Waals surface area contributed by atoms with Crippen LogP contribution < -0.4 is 10.6 Å². The van der Waals surface area contributed by atoms with Gasteiger partial charge in [0.1, 0.15) is 0 Å². The van der Waals surface area contributed by atoms with E-state index in [9.17, 15) is 0 Å². The van der Waals surface area contributed by atoms with Crippen molar-refractivity contribution in [2.75, 3.05) is 17.2 Å². The molecule has 5 nitrogen and oxygen atoms in total. The molecule has 19 heavy (non-hydrogen) atoms. The zero-order valence-electron chi connectivity index (χ0n) is 11.6. The van der Waals surface area contributed by atoms with Crippen LogP contribution in [0.5, 0.6) is 0 Å². The summed E-state index contributed by atoms with van der Waals surface area (Å²) in [6, 6.07) is 0.511. The zero-order chi connectivity index (χ0) is 13.8. The van der Waals surface area contributed by atoms with Crippen molar-refractivity contribution >= 4 is 23.5 Å². The minimum absolute atomic E-state index is 0.176. The van der Waals surface area contributed by atoms with E-state index in [1.807, 2.05) is 0 Å². The standard InChI is InChI=1S/C13H22ClN5/c1-9(2)7-8-19(10-5-3-4-6-10)13-17-11(14)16-12(15)18-13/h9-10H,3-8H2,1-2H3,(H2,15,16,17,18). The third-order valence-electron chi connectivity index (χ3n) is 3.58. The molecule has 0 unspecified atom stereocenters. The third kappa shape index (κ3) is 3.93. The lowest BCUT2D eigenvalue weighted by atomic mass is 10.1. The Morgan fingerprint density at radius 3 is 2.53 bits per heavy atom. The molecule has 1 saturated carbocycles. The van der Waals surface area contributed by atoms with Crippen molar-refractivity contribution in [3.63, 3.8) is 0 Å². The molecule has 2 N–H and O–H groups in total. The van der Waals surface area contributed by atoms with E-state index in [2.05, 4.69) is 33.7 Å². The highest BCUT2D eigenvalue weighted by Gasteiger charge is 2.25. The van der Waals surface area contributed by atoms with Gasteiger partial charge in [-0.05, 0) is 36.8 Å². The average Bonchev–Trinajstić information content (AvgIpc) is 2.81. The normalized spacial score (nSPS) is 16.2. The predicted molar refractivity (Wildman–Crippen MR) is 78.3 cm³/mol. The van der Waals surface area contributed by atoms with Crippen LogP contribution in [0.3, 0.4) is 0 Å². The topological polar surface area (TPSA) is 67.9 Å². The summed E-state index contributed by atoms with van der Waals surface area (Å²) >= 11 is 5.89. The molecule has 0 atom stereocenters. The molecule has 0 saturated heterocycles. The molecule has 6 heteroatoms. The van der Waals surface area contributed by atoms with Gasteiger partial charge < -0.3 is 10.6 Å². The molecule has 0 aliphatic heterocycles. The van der Waals surface area contributed by atoms with Crippen LogP contribution in [0.15, 0.2) is 0 Å². The number of hydrogen-bond acceptors (Lipinski definition) is 5. The van der Waals surface area contributed by atoms with E-state index in [4.69, 9.17) is 17.3 Å². The Balaban J connectivity index is 2.19. The summed E-state index contributed by atoms with van der Waals surface area (Å²) in [6.45, 7) is 5.39. The summed E-state index contributed by atoms with van der Waals surface area (Å²) < 4.78 is 0. The van der Waals surface area contributed by atoms with Crippen molar-refractivity contribution in [3.05, 3.63) is 5.28 Å². The summed E-state index contributed by atoms with van der Waals surface area (Å²) in [5.74, 6) is 1.48. The Morgan fingerprint density at radius 2 is 1.95 bits per heavy atom. The summed E-state index contributed by atoms with van der Waals surface area (Å²) in [4.78, 5) is 14.6. The van der Waals surface area contributed by atoms with Crippen molar-refractivity contribution < 1.29 is 0 Å². The van der Waals surface area contributed by atoms with Crippen molar-refractivity contribution in [3.8, 4) is 0 Å². The molecule has 1 aliphatic rings. The smallest absolute Gasteiger partial charge is 0.231 e. The molecule has 2 rings (SSSR count). The van der Waals surface area contributed by atoms with Gasteiger partial charge in [-0.3, -0.25) is 0 Å². The Morgan fingerprint density at radius 1 is 1.26 bits per heavy atom. The molecule has 106 valence electrons. The van der Waals surface area contributed by atoms with Gasteiger partial charge in [-0.1, -0.05) is 26.7 Å². The number of nitrogen functional groups attached to an aromatic ring is 1. The molecule has 0 spiro atoms. The number of hydrogen-bond donors (Lipinski definition) is 1. The first-order valence-electron chi connectivity index (χ1n) is 7.00. The Hall–Kier alpha value is -1.10. The molecule has 1 aromatic heterocycles. The fourth-order valence-electron chi connectivity index (χ4n) is 2.54. The van der Waals surface area contributed by atoms with E-state index in [0.29, 0.717) is 17.9 Å². The second-order valence-electron chi connectivity index (χ2n) is 5.58. The van der Waals surface area contributed by atoms with E-state index in [1.54, 1.807) is 0 Å². The van der Waals surface area contributed by atoms with Crippen molar-refractivity contribution in [2.24, 2.45) is 5.92 Å². The number of nitrogens with two attached hydrogens (primary N) is 1. The fourth-order valence-corrected chi connectivity index (χ4v) is 2.70. The maximum absolute atomic E-state index is 5.89. The largest absolute Gasteiger partial charge is 0.368 e. The molecule has 0 aromatic carbocycles. The first kappa shape index (κ1) is 14.3. The Bertz CT molecular complexity index is 397. The van der Waals surface area contributed by atoms with Gasteiger partial charge in [0, 0.05) is 12.6 Å². The first-order chi connectivity index (χ1) is 9.06. The Labute approximate surface area is 119 Å². The van der Waals surface area contributed by atoms with Gasteiger partial charge in [0.2, 0.25) is 17.2 Å². The molecular weight excluding hydrogens is 262 g/mol. The highest BCUT2D eigenvalue weighted by molar-refractivity contribution is 6.28. The molecule has 0 amide bonds. The van der Waals surface area contributed by atoms with Gasteiger partial charge in [-0.2, -0.15) is 15.0 Å². The molecule has 1 fully saturated rings. The van der Waals surface area contributed by atoms with Crippen LogP contribution in [0.4, 0.5) is 11.9 Å². The van der Waals surface area contributed by atoms with Crippen LogP contribution in [-0.4, -0.2) is 27.5 Å². The van der Waals surface area contributed by atoms with Crippen molar-refractivity contribution in [2.45, 2.75) is 52.0 Å². The van der Waals surface area contributed by atoms with Gasteiger partial charge in [-0.25, -0.2) is 0 Å². The van der Waals surface area contributed by atoms with Crippen molar-refractivity contribution in [1.82, 2.24) is 15.0 Å². The quantitative estimate of drug-likeness (QED) is 0.900. The zero-order valence-corrected chi connectivity index (χ0v) is 12.4. The number of rotatable bonds is 5. The highest BCUT2D eigenvalue weighted by Crippen LogP contribution is 2.27. The lowest BCUT2D eigenvalue weighted by Crippen LogP contribution is -2.36. The second-order valence-corrected chi connectivity index (χ2v) is 5.91. The van der Waals surface area contributed by atoms with E-state index in [-0.39, 0.29) is 11.2 Å². The van der Waals surface area contributed by atoms with Crippen LogP contribution in [0.2, 0.25) is 5.28 Å². The van der Waals surface area contributed by atoms with Gasteiger partial charge in [0.05, 0.1) is 0 Å². The predicted octanol–water partition coefficient (Wildman–Crippen LogP) is 2.90. The number of nitrogens with zero attached hydrogens (tertiary/aromatic N) is 4. The molecule has 1 heterocycles. The van der Waals surface area contributed by atoms with E-state index in [0.717, 1.165) is 13.0 Å². The van der Waals surface area contributed by atoms with Crippen LogP contribution >= 0.6 is 11.6 Å². The van der Waals surface area contributed by atoms with E-state index < -0.39 is 0 Å². The van der Waals surface area contributed by atoms with Gasteiger partial charge >= 0.3 is 0 Å². The first-order valence-corrected chi connectivity index (χ1v) is 7.37. The van der Waals surface area contributed by atoms with E-state index in [1.165, 1.54) is 25.7 Å². The lowest BCUT2D eigenvalue weighted by molar-refractivity contribution is 0.520. The molecular formula is C13H22ClN5. The van der Waals surface area contributed by atoms with Gasteiger partial charge in [0.25, 0.3) is 0 Å². The van der Waals surface area contributed by atoms with Gasteiger partial charge in [-0.15, -0.1) is 0 Å². The molecule has 0 bridgehead atoms. The number of aromatic nitrogens is 3. The number of anilines is 2. The summed E-state index contributed by atoms with van der Waals surface area (Å²) in [5, 5.41) is 0.176. The minimum Gasteiger partial charge on any atom is -0.368 e. The van der Waals surface area contributed by atoms with Crippen LogP contribution in [0.25, 0.3) is 0 Å². The maximum atomic E-state index is 5.89. The molecule has 0 radical (unpaired) electrons. The molecule has 1 aliphatic carbocycles. The monoisotopic (exact) mass is 283 g/mol. The molecule has 1 aromatic rings. The maximum Gasteiger partial charge on any atom is 0.231 e. The average molecular weight is 284 g/mol. The fraction of sp³-hybridized carbons (Fsp3) is 0.769. The summed E-state index contributed by atoms with van der Waals surface area (Å²) in [7, 11) is 0. The minimum atomic E-state index is 0.176. The summed E-state index contributed by atoms with van der Waals surface area (Å²) in [6.07, 6.45) is 6.05. The SMILES string of the molecule is CC(C)CCN(c1nc(N)nc(Cl)n1)C1CCCC1. The van der Waals surface area contributed by atoms with Crippen molar-refractivity contribution in [1.29, 1.82) is 0 Å². The third-order valence-corrected chi connectivity index (χ3v) is 3.75. The lowest BCUT2D eigenvalue weighted by Gasteiger charge is -2.29. The van der Waals surface area contributed by atoms with E-state index >= 15 is 0 Å². The summed E-state index contributed by atoms with van der Waals surface area (Å²) in [5.41, 5.74) is 5.68. The van der Waals surface area contributed by atoms with Crippen LogP contribution in [0.1, 0.15) is 46.0 Å². The Kier molecular flexibility index (Phi) is 4.80. The van der Waals surface area contributed by atoms with Crippen LogP contribution in [0, 0.1) is 5.92 Å². The highest BCUT2D eigenvalue weighted by atomic mass is 35.5. The second kappa shape index (κ2) is 6.37. The number of halogens is 1. The van der Waals surface area contributed by atoms with Gasteiger partial charge in [0.15, 0.2) is 0 Å². The van der Waals surface area contributed by atoms with Crippen LogP contribution in [-0.2, 0) is 0 Å².